The van der Waals surface area contributed by atoms with Gasteiger partial charge in [-0.05, 0) is 18.6 Å². The summed E-state index contributed by atoms with van der Waals surface area (Å²) in [5, 5.41) is 20.1. The molecule has 0 aliphatic carbocycles. The SMILES string of the molecule is C[C@@H](O)[C@H](NC(=O)/C=C/c1ccccc1)C(=O)NO. The highest BCUT2D eigenvalue weighted by molar-refractivity contribution is 5.95. The second kappa shape index (κ2) is 7.30. The molecule has 0 aliphatic heterocycles. The van der Waals surface area contributed by atoms with Crippen molar-refractivity contribution in [2.24, 2.45) is 0 Å². The number of nitrogens with one attached hydrogen (secondary N) is 2. The first-order valence-corrected chi connectivity index (χ1v) is 5.70. The Bertz CT molecular complexity index is 457. The van der Waals surface area contributed by atoms with Gasteiger partial charge in [0.25, 0.3) is 5.91 Å². The summed E-state index contributed by atoms with van der Waals surface area (Å²) in [6.45, 7) is 1.33. The molecule has 2 amide bonds. The van der Waals surface area contributed by atoms with E-state index >= 15 is 0 Å². The minimum absolute atomic E-state index is 0.543. The van der Waals surface area contributed by atoms with Crippen molar-refractivity contribution in [1.82, 2.24) is 10.8 Å². The van der Waals surface area contributed by atoms with Gasteiger partial charge in [-0.1, -0.05) is 30.3 Å². The first-order chi connectivity index (χ1) is 9.04. The number of carbonyl (C=O) groups is 2. The van der Waals surface area contributed by atoms with Gasteiger partial charge in [-0.25, -0.2) is 5.48 Å². The van der Waals surface area contributed by atoms with E-state index < -0.39 is 24.0 Å². The minimum atomic E-state index is -1.21. The Morgan fingerprint density at radius 3 is 2.42 bits per heavy atom. The lowest BCUT2D eigenvalue weighted by Crippen LogP contribution is -2.51. The molecule has 6 heteroatoms. The molecular weight excluding hydrogens is 248 g/mol. The molecule has 19 heavy (non-hydrogen) atoms. The smallest absolute Gasteiger partial charge is 0.268 e. The monoisotopic (exact) mass is 264 g/mol. The second-order valence-corrected chi connectivity index (χ2v) is 3.95. The van der Waals surface area contributed by atoms with Crippen molar-refractivity contribution in [1.29, 1.82) is 0 Å². The fourth-order valence-corrected chi connectivity index (χ4v) is 1.41. The van der Waals surface area contributed by atoms with Crippen LogP contribution in [0.2, 0.25) is 0 Å². The molecule has 2 atom stereocenters. The lowest BCUT2D eigenvalue weighted by atomic mass is 10.1. The number of benzene rings is 1. The second-order valence-electron chi connectivity index (χ2n) is 3.95. The first-order valence-electron chi connectivity index (χ1n) is 5.70. The van der Waals surface area contributed by atoms with Gasteiger partial charge in [0.15, 0.2) is 0 Å². The number of hydrogen-bond donors (Lipinski definition) is 4. The summed E-state index contributed by atoms with van der Waals surface area (Å²) in [5.74, 6) is -1.42. The molecule has 102 valence electrons. The number of hydrogen-bond acceptors (Lipinski definition) is 4. The predicted molar refractivity (Wildman–Crippen MR) is 69.0 cm³/mol. The van der Waals surface area contributed by atoms with Crippen molar-refractivity contribution in [3.8, 4) is 0 Å². The third kappa shape index (κ3) is 4.90. The Morgan fingerprint density at radius 1 is 1.26 bits per heavy atom. The van der Waals surface area contributed by atoms with Crippen LogP contribution in [0.4, 0.5) is 0 Å². The third-order valence-corrected chi connectivity index (χ3v) is 2.40. The van der Waals surface area contributed by atoms with Crippen LogP contribution in [0.15, 0.2) is 36.4 Å². The van der Waals surface area contributed by atoms with E-state index in [1.807, 2.05) is 30.3 Å². The van der Waals surface area contributed by atoms with Crippen LogP contribution in [0.3, 0.4) is 0 Å². The summed E-state index contributed by atoms with van der Waals surface area (Å²) in [6, 6.07) is 7.93. The van der Waals surface area contributed by atoms with Gasteiger partial charge in [-0.2, -0.15) is 0 Å². The summed E-state index contributed by atoms with van der Waals surface area (Å²) < 4.78 is 0. The average molecular weight is 264 g/mol. The summed E-state index contributed by atoms with van der Waals surface area (Å²) in [5.41, 5.74) is 2.22. The summed E-state index contributed by atoms with van der Waals surface area (Å²) in [4.78, 5) is 22.8. The number of aliphatic hydroxyl groups is 1. The van der Waals surface area contributed by atoms with Crippen molar-refractivity contribution >= 4 is 17.9 Å². The van der Waals surface area contributed by atoms with Gasteiger partial charge in [0.1, 0.15) is 6.04 Å². The fourth-order valence-electron chi connectivity index (χ4n) is 1.41. The Morgan fingerprint density at radius 2 is 1.89 bits per heavy atom. The number of aliphatic hydroxyl groups excluding tert-OH is 1. The van der Waals surface area contributed by atoms with Crippen LogP contribution in [0, 0.1) is 0 Å². The molecule has 0 saturated heterocycles. The van der Waals surface area contributed by atoms with Crippen molar-refractivity contribution in [2.75, 3.05) is 0 Å². The molecule has 0 bridgehead atoms. The van der Waals surface area contributed by atoms with Crippen LogP contribution in [0.25, 0.3) is 6.08 Å². The predicted octanol–water partition coefficient (Wildman–Crippen LogP) is 0.0708. The minimum Gasteiger partial charge on any atom is -0.391 e. The van der Waals surface area contributed by atoms with Crippen LogP contribution < -0.4 is 10.8 Å². The highest BCUT2D eigenvalue weighted by Gasteiger charge is 2.24. The first kappa shape index (κ1) is 14.9. The van der Waals surface area contributed by atoms with Crippen LogP contribution >= 0.6 is 0 Å². The van der Waals surface area contributed by atoms with Gasteiger partial charge in [0.05, 0.1) is 6.10 Å². The van der Waals surface area contributed by atoms with Crippen molar-refractivity contribution in [3.63, 3.8) is 0 Å². The zero-order chi connectivity index (χ0) is 14.3. The lowest BCUT2D eigenvalue weighted by molar-refractivity contribution is -0.136. The van der Waals surface area contributed by atoms with Gasteiger partial charge in [0.2, 0.25) is 5.91 Å². The molecule has 1 rings (SSSR count). The maximum atomic E-state index is 11.6. The van der Waals surface area contributed by atoms with Crippen molar-refractivity contribution < 1.29 is 19.9 Å². The maximum Gasteiger partial charge on any atom is 0.268 e. The molecule has 4 N–H and O–H groups in total. The van der Waals surface area contributed by atoms with E-state index in [9.17, 15) is 14.7 Å². The Balaban J connectivity index is 2.63. The zero-order valence-corrected chi connectivity index (χ0v) is 10.4. The maximum absolute atomic E-state index is 11.6. The summed E-state index contributed by atoms with van der Waals surface area (Å²) in [7, 11) is 0. The van der Waals surface area contributed by atoms with Crippen LogP contribution in [0.5, 0.6) is 0 Å². The molecule has 0 aromatic heterocycles. The number of rotatable bonds is 5. The number of amides is 2. The van der Waals surface area contributed by atoms with Gasteiger partial charge in [-0.15, -0.1) is 0 Å². The Hall–Kier alpha value is -2.18. The van der Waals surface area contributed by atoms with Gasteiger partial charge in [0, 0.05) is 6.08 Å². The van der Waals surface area contributed by atoms with E-state index in [1.54, 1.807) is 6.08 Å². The van der Waals surface area contributed by atoms with E-state index in [4.69, 9.17) is 5.21 Å². The Kier molecular flexibility index (Phi) is 5.72. The van der Waals surface area contributed by atoms with Gasteiger partial charge < -0.3 is 10.4 Å². The van der Waals surface area contributed by atoms with E-state index in [0.717, 1.165) is 5.56 Å². The highest BCUT2D eigenvalue weighted by atomic mass is 16.5. The molecule has 0 aliphatic rings. The fraction of sp³-hybridized carbons (Fsp3) is 0.231. The van der Waals surface area contributed by atoms with E-state index in [0.29, 0.717) is 0 Å². The van der Waals surface area contributed by atoms with E-state index in [-0.39, 0.29) is 0 Å². The summed E-state index contributed by atoms with van der Waals surface area (Å²) >= 11 is 0. The number of hydroxylamine groups is 1. The van der Waals surface area contributed by atoms with Crippen LogP contribution in [0.1, 0.15) is 12.5 Å². The van der Waals surface area contributed by atoms with Crippen LogP contribution in [-0.4, -0.2) is 34.3 Å². The van der Waals surface area contributed by atoms with Gasteiger partial charge >= 0.3 is 0 Å². The third-order valence-electron chi connectivity index (χ3n) is 2.40. The largest absolute Gasteiger partial charge is 0.391 e. The molecule has 0 heterocycles. The quantitative estimate of drug-likeness (QED) is 0.343. The van der Waals surface area contributed by atoms with Crippen molar-refractivity contribution in [2.45, 2.75) is 19.1 Å². The van der Waals surface area contributed by atoms with E-state index in [1.165, 1.54) is 18.5 Å². The molecule has 0 radical (unpaired) electrons. The van der Waals surface area contributed by atoms with E-state index in [2.05, 4.69) is 5.32 Å². The molecule has 0 spiro atoms. The molecule has 1 aromatic carbocycles. The van der Waals surface area contributed by atoms with Gasteiger partial charge in [-0.3, -0.25) is 14.8 Å². The molecule has 0 fully saturated rings. The topological polar surface area (TPSA) is 98.7 Å². The van der Waals surface area contributed by atoms with Crippen molar-refractivity contribution in [3.05, 3.63) is 42.0 Å². The molecule has 0 saturated carbocycles. The molecule has 0 unspecified atom stereocenters. The average Bonchev–Trinajstić information content (AvgIpc) is 2.42. The van der Waals surface area contributed by atoms with Crippen LogP contribution in [-0.2, 0) is 9.59 Å². The normalized spacial score (nSPS) is 13.8. The molecular formula is C13H16N2O4. The standard InChI is InChI=1S/C13H16N2O4/c1-9(16)12(13(18)15-19)14-11(17)8-7-10-5-3-2-4-6-10/h2-9,12,16,19H,1H3,(H,14,17)(H,15,18)/b8-7+/t9-,12+/m1/s1. The zero-order valence-electron chi connectivity index (χ0n) is 10.4. The highest BCUT2D eigenvalue weighted by Crippen LogP contribution is 2.01. The lowest BCUT2D eigenvalue weighted by Gasteiger charge is -2.18. The molecule has 1 aromatic rings. The Labute approximate surface area is 110 Å². The number of carbonyl (C=O) groups excluding carboxylic acids is 2. The summed E-state index contributed by atoms with van der Waals surface area (Å²) in [6.07, 6.45) is 1.70. The molecule has 6 nitrogen and oxygen atoms in total.